The highest BCUT2D eigenvalue weighted by Crippen LogP contribution is 1.91. The number of hydrogen-bond acceptors (Lipinski definition) is 3. The van der Waals surface area contributed by atoms with E-state index < -0.39 is 5.97 Å². The second-order valence-corrected chi connectivity index (χ2v) is 4.28. The van der Waals surface area contributed by atoms with Gasteiger partial charge in [0.05, 0.1) is 32.8 Å². The number of pyridine rings is 1. The average molecular weight is 222 g/mol. The molecule has 1 rings (SSSR count). The molecule has 0 aliphatic heterocycles. The lowest BCUT2D eigenvalue weighted by molar-refractivity contribution is -0.864. The van der Waals surface area contributed by atoms with Gasteiger partial charge in [0.2, 0.25) is 0 Å². The molecule has 0 aromatic carbocycles. The molecule has 4 heteroatoms. The van der Waals surface area contributed by atoms with Crippen LogP contribution in [-0.4, -0.2) is 43.1 Å². The summed E-state index contributed by atoms with van der Waals surface area (Å²) in [7, 11) is 5.40. The third kappa shape index (κ3) is 8.90. The third-order valence-electron chi connectivity index (χ3n) is 1.50. The molecule has 0 amide bonds. The number of aromatic nitrogens is 1. The van der Waals surface area contributed by atoms with E-state index in [9.17, 15) is 9.90 Å². The summed E-state index contributed by atoms with van der Waals surface area (Å²) in [5.41, 5.74) is 0.924. The Hall–Kier alpha value is -1.68. The lowest BCUT2D eigenvalue weighted by atomic mass is 10.4. The summed E-state index contributed by atoms with van der Waals surface area (Å²) < 4.78 is 0.419. The Bertz CT molecular complexity index is 329. The lowest BCUT2D eigenvalue weighted by Crippen LogP contribution is -2.45. The Kier molecular flexibility index (Phi) is 6.03. The van der Waals surface area contributed by atoms with Crippen molar-refractivity contribution in [2.75, 3.05) is 27.7 Å². The Labute approximate surface area is 96.4 Å². The van der Waals surface area contributed by atoms with Crippen LogP contribution in [0.15, 0.2) is 31.0 Å². The van der Waals surface area contributed by atoms with Gasteiger partial charge in [0.25, 0.3) is 0 Å². The Morgan fingerprint density at radius 3 is 2.31 bits per heavy atom. The molecule has 0 aliphatic rings. The summed E-state index contributed by atoms with van der Waals surface area (Å²) in [4.78, 5) is 13.9. The number of hydrogen-bond donors (Lipinski definition) is 0. The second-order valence-electron chi connectivity index (χ2n) is 4.28. The molecule has 0 aliphatic carbocycles. The monoisotopic (exact) mass is 222 g/mol. The van der Waals surface area contributed by atoms with E-state index in [-0.39, 0.29) is 6.54 Å². The molecule has 0 bridgehead atoms. The largest absolute Gasteiger partial charge is 0.544 e. The zero-order valence-electron chi connectivity index (χ0n) is 10.0. The first-order chi connectivity index (χ1) is 7.35. The minimum absolute atomic E-state index is 0.0694. The number of carboxylic acids is 1. The van der Waals surface area contributed by atoms with Gasteiger partial charge in [-0.3, -0.25) is 4.98 Å². The minimum Gasteiger partial charge on any atom is -0.544 e. The van der Waals surface area contributed by atoms with Gasteiger partial charge in [-0.05, 0) is 18.2 Å². The highest BCUT2D eigenvalue weighted by Gasteiger charge is 2.04. The zero-order valence-corrected chi connectivity index (χ0v) is 10.0. The van der Waals surface area contributed by atoms with Crippen LogP contribution in [0.25, 0.3) is 6.08 Å². The van der Waals surface area contributed by atoms with Crippen molar-refractivity contribution in [3.05, 3.63) is 36.7 Å². The maximum Gasteiger partial charge on any atom is 0.118 e. The van der Waals surface area contributed by atoms with Crippen LogP contribution in [-0.2, 0) is 4.79 Å². The van der Waals surface area contributed by atoms with Crippen molar-refractivity contribution in [2.45, 2.75) is 0 Å². The Morgan fingerprint density at radius 1 is 1.50 bits per heavy atom. The number of carboxylic acid groups (broad SMARTS) is 1. The van der Waals surface area contributed by atoms with E-state index in [1.165, 1.54) is 0 Å². The molecule has 0 saturated carbocycles. The number of carbonyl (C=O) groups excluding carboxylic acids is 1. The average Bonchev–Trinajstić information content (AvgIpc) is 2.16. The van der Waals surface area contributed by atoms with Crippen molar-refractivity contribution in [2.24, 2.45) is 0 Å². The van der Waals surface area contributed by atoms with E-state index in [0.717, 1.165) is 5.69 Å². The van der Waals surface area contributed by atoms with Gasteiger partial charge in [0.1, 0.15) is 6.54 Å². The van der Waals surface area contributed by atoms with E-state index in [1.54, 1.807) is 33.4 Å². The van der Waals surface area contributed by atoms with Gasteiger partial charge < -0.3 is 14.4 Å². The highest BCUT2D eigenvalue weighted by atomic mass is 16.4. The van der Waals surface area contributed by atoms with Crippen molar-refractivity contribution >= 4 is 12.0 Å². The lowest BCUT2D eigenvalue weighted by Gasteiger charge is -2.23. The molecule has 0 unspecified atom stereocenters. The van der Waals surface area contributed by atoms with Crippen molar-refractivity contribution in [1.82, 2.24) is 4.98 Å². The molecular formula is C12H18N2O2. The third-order valence-corrected chi connectivity index (χ3v) is 1.50. The standard InChI is InChI=1S/C7H7N.C5H11NO2/c1-2-7-5-3-4-6-8-7;1-6(2,3)4-5(7)8/h2-6H,1H2;4H2,1-3H3. The quantitative estimate of drug-likeness (QED) is 0.685. The van der Waals surface area contributed by atoms with Gasteiger partial charge in [-0.1, -0.05) is 12.6 Å². The summed E-state index contributed by atoms with van der Waals surface area (Å²) in [5, 5.41) is 9.89. The van der Waals surface area contributed by atoms with Gasteiger partial charge >= 0.3 is 0 Å². The SMILES string of the molecule is C=Cc1ccccn1.C[N+](C)(C)CC(=O)[O-]. The number of nitrogens with zero attached hydrogens (tertiary/aromatic N) is 2. The van der Waals surface area contributed by atoms with Crippen LogP contribution in [0.4, 0.5) is 0 Å². The molecule has 0 atom stereocenters. The topological polar surface area (TPSA) is 53.0 Å². The summed E-state index contributed by atoms with van der Waals surface area (Å²) >= 11 is 0. The molecule has 1 aromatic rings. The fourth-order valence-electron chi connectivity index (χ4n) is 0.884. The predicted molar refractivity (Wildman–Crippen MR) is 62.2 cm³/mol. The molecule has 0 N–H and O–H groups in total. The first-order valence-electron chi connectivity index (χ1n) is 4.89. The van der Waals surface area contributed by atoms with E-state index in [0.29, 0.717) is 4.48 Å². The Morgan fingerprint density at radius 2 is 2.12 bits per heavy atom. The molecule has 0 saturated heterocycles. The van der Waals surface area contributed by atoms with Crippen LogP contribution in [0.3, 0.4) is 0 Å². The van der Waals surface area contributed by atoms with Gasteiger partial charge in [0.15, 0.2) is 0 Å². The van der Waals surface area contributed by atoms with Gasteiger partial charge in [-0.25, -0.2) is 0 Å². The number of carbonyl (C=O) groups is 1. The summed E-state index contributed by atoms with van der Waals surface area (Å²) in [6.45, 7) is 3.64. The molecule has 0 fully saturated rings. The summed E-state index contributed by atoms with van der Waals surface area (Å²) in [6.07, 6.45) is 3.47. The number of rotatable bonds is 3. The van der Waals surface area contributed by atoms with Crippen LogP contribution >= 0.6 is 0 Å². The van der Waals surface area contributed by atoms with E-state index in [2.05, 4.69) is 11.6 Å². The van der Waals surface area contributed by atoms with Gasteiger partial charge in [-0.15, -0.1) is 0 Å². The van der Waals surface area contributed by atoms with E-state index in [1.807, 2.05) is 18.2 Å². The van der Waals surface area contributed by atoms with Crippen LogP contribution in [0.5, 0.6) is 0 Å². The minimum atomic E-state index is -1.00. The van der Waals surface area contributed by atoms with Crippen LogP contribution < -0.4 is 5.11 Å². The van der Waals surface area contributed by atoms with Gasteiger partial charge in [0, 0.05) is 6.20 Å². The van der Waals surface area contributed by atoms with Crippen molar-refractivity contribution in [3.63, 3.8) is 0 Å². The van der Waals surface area contributed by atoms with E-state index in [4.69, 9.17) is 0 Å². The molecular weight excluding hydrogens is 204 g/mol. The van der Waals surface area contributed by atoms with E-state index >= 15 is 0 Å². The predicted octanol–water partition coefficient (Wildman–Crippen LogP) is 0.167. The number of quaternary nitrogens is 1. The normalized spacial score (nSPS) is 9.94. The summed E-state index contributed by atoms with van der Waals surface area (Å²) in [6, 6.07) is 5.73. The molecule has 1 heterocycles. The maximum atomic E-state index is 9.89. The van der Waals surface area contributed by atoms with Crippen LogP contribution in [0, 0.1) is 0 Å². The molecule has 16 heavy (non-hydrogen) atoms. The Balaban J connectivity index is 0.000000281. The number of aliphatic carboxylic acids is 1. The fourth-order valence-corrected chi connectivity index (χ4v) is 0.884. The van der Waals surface area contributed by atoms with Gasteiger partial charge in [-0.2, -0.15) is 0 Å². The number of likely N-dealkylation sites (N-methyl/N-ethyl adjacent to an activating group) is 1. The second kappa shape index (κ2) is 6.74. The maximum absolute atomic E-state index is 9.89. The first kappa shape index (κ1) is 14.3. The highest BCUT2D eigenvalue weighted by molar-refractivity contribution is 5.65. The fraction of sp³-hybridized carbons (Fsp3) is 0.333. The smallest absolute Gasteiger partial charge is 0.118 e. The van der Waals surface area contributed by atoms with Crippen LogP contribution in [0.2, 0.25) is 0 Å². The van der Waals surface area contributed by atoms with Crippen LogP contribution in [0.1, 0.15) is 5.69 Å². The molecule has 1 aromatic heterocycles. The summed E-state index contributed by atoms with van der Waals surface area (Å²) in [5.74, 6) is -1.00. The first-order valence-corrected chi connectivity index (χ1v) is 4.89. The van der Waals surface area contributed by atoms with Crippen molar-refractivity contribution in [3.8, 4) is 0 Å². The molecule has 4 nitrogen and oxygen atoms in total. The molecule has 0 radical (unpaired) electrons. The van der Waals surface area contributed by atoms with Crippen molar-refractivity contribution in [1.29, 1.82) is 0 Å². The molecule has 88 valence electrons. The van der Waals surface area contributed by atoms with Crippen molar-refractivity contribution < 1.29 is 14.4 Å². The molecule has 0 spiro atoms. The zero-order chi connectivity index (χ0) is 12.6.